The number of rotatable bonds is 7. The maximum absolute atomic E-state index is 12.6. The molecule has 1 aliphatic rings. The maximum Gasteiger partial charge on any atom is 0.370 e. The second-order valence-electron chi connectivity index (χ2n) is 7.21. The predicted molar refractivity (Wildman–Crippen MR) is 99.1 cm³/mol. The van der Waals surface area contributed by atoms with E-state index in [9.17, 15) is 30.0 Å². The van der Waals surface area contributed by atoms with Crippen molar-refractivity contribution in [3.05, 3.63) is 11.8 Å². The first-order valence-corrected chi connectivity index (χ1v) is 8.46. The summed E-state index contributed by atoms with van der Waals surface area (Å²) in [5.74, 6) is -5.56. The van der Waals surface area contributed by atoms with Gasteiger partial charge in [0.15, 0.2) is 12.0 Å². The van der Waals surface area contributed by atoms with Crippen LogP contribution in [-0.2, 0) is 14.3 Å². The summed E-state index contributed by atoms with van der Waals surface area (Å²) in [4.78, 5) is 24.3. The van der Waals surface area contributed by atoms with Gasteiger partial charge in [0.25, 0.3) is 0 Å². The number of guanidine groups is 1. The molecule has 1 unspecified atom stereocenters. The minimum absolute atomic E-state index is 0.728. The smallest absolute Gasteiger partial charge is 0.370 e. The summed E-state index contributed by atoms with van der Waals surface area (Å²) in [6.07, 6.45) is -6.87. The lowest BCUT2D eigenvalue weighted by molar-refractivity contribution is -0.199. The van der Waals surface area contributed by atoms with Crippen LogP contribution in [0.15, 0.2) is 11.8 Å². The standard InChI is InChI=1S/C17H30N4O7/c1-7(2)12(24)21-16(4)10(20-15(18)19)6-9(13(25)26)28-14(16)17(5,27)11(23)8(3)22/h6-8,10-11,14,22-23,27H,1-5H3,(H,21,24)(H,25,26)(H4,18,19,20)/t8?,10-,11+,14+,16+,17+/m0/s1/i6D,10D,14D. The average molecular weight is 405 g/mol. The first kappa shape index (κ1) is 19.0. The molecule has 0 saturated heterocycles. The van der Waals surface area contributed by atoms with Gasteiger partial charge in [0.2, 0.25) is 11.7 Å². The molecule has 9 N–H and O–H groups in total. The van der Waals surface area contributed by atoms with Crippen LogP contribution in [0, 0.1) is 11.3 Å². The zero-order chi connectivity index (χ0) is 24.7. The molecule has 0 spiro atoms. The summed E-state index contributed by atoms with van der Waals surface area (Å²) in [6, 6.07) is -3.94. The summed E-state index contributed by atoms with van der Waals surface area (Å²) < 4.78 is 31.2. The van der Waals surface area contributed by atoms with Crippen molar-refractivity contribution in [1.29, 1.82) is 5.41 Å². The third-order valence-electron chi connectivity index (χ3n) is 4.24. The molecule has 0 bridgehead atoms. The van der Waals surface area contributed by atoms with Crippen molar-refractivity contribution in [2.24, 2.45) is 11.7 Å². The predicted octanol–water partition coefficient (Wildman–Crippen LogP) is -1.77. The van der Waals surface area contributed by atoms with Crippen molar-refractivity contribution in [1.82, 2.24) is 10.6 Å². The van der Waals surface area contributed by atoms with Crippen LogP contribution >= 0.6 is 0 Å². The molecule has 0 fully saturated rings. The number of nitrogens with two attached hydrogens (primary N) is 1. The Bertz CT molecular complexity index is 807. The van der Waals surface area contributed by atoms with Crippen LogP contribution in [0.5, 0.6) is 0 Å². The number of carbonyl (C=O) groups is 2. The van der Waals surface area contributed by atoms with E-state index in [-0.39, 0.29) is 0 Å². The highest BCUT2D eigenvalue weighted by Crippen LogP contribution is 2.37. The number of aliphatic carboxylic acids is 1. The van der Waals surface area contributed by atoms with Crippen LogP contribution in [0.25, 0.3) is 0 Å². The topological polar surface area (TPSA) is 198 Å². The van der Waals surface area contributed by atoms with Crippen LogP contribution in [0.4, 0.5) is 0 Å². The van der Waals surface area contributed by atoms with Gasteiger partial charge in [0.05, 0.1) is 16.2 Å². The molecule has 11 heteroatoms. The van der Waals surface area contributed by atoms with Gasteiger partial charge in [-0.05, 0) is 26.8 Å². The third kappa shape index (κ3) is 4.72. The molecule has 0 saturated carbocycles. The summed E-state index contributed by atoms with van der Waals surface area (Å²) in [6.45, 7) is 5.88. The van der Waals surface area contributed by atoms with Gasteiger partial charge in [-0.15, -0.1) is 0 Å². The molecule has 28 heavy (non-hydrogen) atoms. The van der Waals surface area contributed by atoms with Crippen LogP contribution in [-0.4, -0.2) is 73.7 Å². The molecule has 0 aromatic rings. The largest absolute Gasteiger partial charge is 0.478 e. The minimum atomic E-state index is -3.09. The molecule has 11 nitrogen and oxygen atoms in total. The Balaban J connectivity index is 4.07. The average Bonchev–Trinajstić information content (AvgIpc) is 2.61. The highest BCUT2D eigenvalue weighted by molar-refractivity contribution is 5.86. The monoisotopic (exact) mass is 405 g/mol. The molecule has 1 amide bonds. The summed E-state index contributed by atoms with van der Waals surface area (Å²) in [7, 11) is 0. The van der Waals surface area contributed by atoms with Gasteiger partial charge in [-0.1, -0.05) is 13.8 Å². The Morgan fingerprint density at radius 2 is 2.00 bits per heavy atom. The third-order valence-corrected chi connectivity index (χ3v) is 4.24. The van der Waals surface area contributed by atoms with Crippen molar-refractivity contribution in [2.75, 3.05) is 0 Å². The number of carboxylic acid groups (broad SMARTS) is 1. The first-order valence-electron chi connectivity index (χ1n) is 9.96. The maximum atomic E-state index is 12.6. The van der Waals surface area contributed by atoms with Gasteiger partial charge in [0.1, 0.15) is 17.2 Å². The van der Waals surface area contributed by atoms with E-state index in [0.717, 1.165) is 20.8 Å². The second kappa shape index (κ2) is 8.33. The molecule has 1 aliphatic heterocycles. The lowest BCUT2D eigenvalue weighted by atomic mass is 9.73. The molecular formula is C17H30N4O7. The molecule has 160 valence electrons. The lowest BCUT2D eigenvalue weighted by Gasteiger charge is -2.52. The van der Waals surface area contributed by atoms with Gasteiger partial charge in [0, 0.05) is 5.92 Å². The normalized spacial score (nSPS) is 36.1. The SMILES string of the molecule is [2H]C1=C(C(=O)O)O[C@@]([2H])([C@](C)(O)[C@H](O)C(C)O)[C@](C)(NC(=O)C(C)C)[C@@]1([2H])NC(=N)N. The van der Waals surface area contributed by atoms with Crippen molar-refractivity contribution >= 4 is 17.8 Å². The Morgan fingerprint density at radius 3 is 2.39 bits per heavy atom. The van der Waals surface area contributed by atoms with Crippen LogP contribution in [0.3, 0.4) is 0 Å². The van der Waals surface area contributed by atoms with Gasteiger partial charge >= 0.3 is 5.97 Å². The number of ether oxygens (including phenoxy) is 1. The highest BCUT2D eigenvalue weighted by Gasteiger charge is 2.58. The summed E-state index contributed by atoms with van der Waals surface area (Å²) in [5.41, 5.74) is -0.0244. The summed E-state index contributed by atoms with van der Waals surface area (Å²) in [5, 5.41) is 52.8. The first-order chi connectivity index (χ1) is 13.8. The van der Waals surface area contributed by atoms with E-state index >= 15 is 0 Å². The van der Waals surface area contributed by atoms with Crippen molar-refractivity contribution in [3.8, 4) is 0 Å². The molecule has 1 heterocycles. The number of nitrogens with one attached hydrogen (secondary N) is 3. The van der Waals surface area contributed by atoms with E-state index in [1.165, 1.54) is 13.8 Å². The van der Waals surface area contributed by atoms with Crippen LogP contribution < -0.4 is 16.4 Å². The van der Waals surface area contributed by atoms with Crippen molar-refractivity contribution < 1.29 is 38.9 Å². The van der Waals surface area contributed by atoms with E-state index in [4.69, 9.17) is 20.0 Å². The molecule has 6 atom stereocenters. The number of aliphatic hydroxyl groups excluding tert-OH is 2. The molecule has 0 aromatic heterocycles. The zero-order valence-corrected chi connectivity index (χ0v) is 16.3. The number of amides is 1. The molecule has 0 aromatic carbocycles. The number of aliphatic hydroxyl groups is 3. The zero-order valence-electron chi connectivity index (χ0n) is 19.3. The fourth-order valence-electron chi connectivity index (χ4n) is 2.69. The van der Waals surface area contributed by atoms with E-state index in [2.05, 4.69) is 10.6 Å². The molecular weight excluding hydrogens is 372 g/mol. The van der Waals surface area contributed by atoms with E-state index in [1.807, 2.05) is 0 Å². The Hall–Kier alpha value is -2.37. The Kier molecular flexibility index (Phi) is 5.64. The van der Waals surface area contributed by atoms with Gasteiger partial charge in [-0.2, -0.15) is 0 Å². The second-order valence-corrected chi connectivity index (χ2v) is 7.21. The number of carboxylic acids is 1. The highest BCUT2D eigenvalue weighted by atomic mass is 16.5. The number of hydrogen-bond donors (Lipinski definition) is 8. The number of hydrogen-bond acceptors (Lipinski definition) is 7. The van der Waals surface area contributed by atoms with Crippen molar-refractivity contribution in [2.45, 2.75) is 70.1 Å². The fraction of sp³-hybridized carbons (Fsp3) is 0.706. The van der Waals surface area contributed by atoms with Crippen LogP contribution in [0.2, 0.25) is 0 Å². The van der Waals surface area contributed by atoms with E-state index in [1.54, 1.807) is 0 Å². The molecule has 0 radical (unpaired) electrons. The lowest BCUT2D eigenvalue weighted by Crippen LogP contribution is -2.75. The molecule has 0 aliphatic carbocycles. The number of carbonyl (C=O) groups excluding carboxylic acids is 1. The summed E-state index contributed by atoms with van der Waals surface area (Å²) >= 11 is 0. The minimum Gasteiger partial charge on any atom is -0.478 e. The van der Waals surface area contributed by atoms with E-state index in [0.29, 0.717) is 0 Å². The van der Waals surface area contributed by atoms with Crippen LogP contribution in [0.1, 0.15) is 38.7 Å². The van der Waals surface area contributed by atoms with Gasteiger partial charge < -0.3 is 41.5 Å². The van der Waals surface area contributed by atoms with Crippen molar-refractivity contribution in [3.63, 3.8) is 0 Å². The Morgan fingerprint density at radius 1 is 1.46 bits per heavy atom. The quantitative estimate of drug-likeness (QED) is 0.178. The van der Waals surface area contributed by atoms with E-state index < -0.39 is 71.0 Å². The fourth-order valence-corrected chi connectivity index (χ4v) is 2.69. The molecule has 1 rings (SSSR count). The Labute approximate surface area is 167 Å². The van der Waals surface area contributed by atoms with Gasteiger partial charge in [-0.3, -0.25) is 10.2 Å². The van der Waals surface area contributed by atoms with Gasteiger partial charge in [-0.25, -0.2) is 4.79 Å².